The molecule has 0 unspecified atom stereocenters. The molecule has 0 saturated carbocycles. The highest BCUT2D eigenvalue weighted by Crippen LogP contribution is 2.23. The Morgan fingerprint density at radius 2 is 1.45 bits per heavy atom. The first-order chi connectivity index (χ1) is 14.1. The Balaban J connectivity index is 1.71. The van der Waals surface area contributed by atoms with Crippen molar-refractivity contribution in [1.29, 1.82) is 0 Å². The number of hydrogen-bond acceptors (Lipinski definition) is 6. The second-order valence-electron chi connectivity index (χ2n) is 6.64. The molecule has 2 N–H and O–H groups in total. The molecule has 0 aliphatic rings. The fourth-order valence-corrected chi connectivity index (χ4v) is 3.11. The van der Waals surface area contributed by atoms with Crippen molar-refractivity contribution in [3.63, 3.8) is 0 Å². The van der Waals surface area contributed by atoms with Crippen molar-refractivity contribution < 1.29 is 4.74 Å². The van der Waals surface area contributed by atoms with Gasteiger partial charge in [0.15, 0.2) is 0 Å². The minimum atomic E-state index is 0.564. The Hall–Kier alpha value is -3.28. The van der Waals surface area contributed by atoms with Crippen molar-refractivity contribution in [3.8, 4) is 5.75 Å². The van der Waals surface area contributed by atoms with Crippen LogP contribution in [0, 0.1) is 6.92 Å². The topological polar surface area (TPSA) is 62.3 Å². The molecule has 0 atom stereocenters. The smallest absolute Gasteiger partial charge is 0.229 e. The number of nitrogens with zero attached hydrogens (tertiary/aromatic N) is 3. The van der Waals surface area contributed by atoms with Crippen LogP contribution < -0.4 is 20.3 Å². The van der Waals surface area contributed by atoms with Crippen LogP contribution in [0.3, 0.4) is 0 Å². The number of rotatable bonds is 9. The predicted octanol–water partition coefficient (Wildman–Crippen LogP) is 5.52. The van der Waals surface area contributed by atoms with E-state index in [0.29, 0.717) is 12.6 Å². The van der Waals surface area contributed by atoms with Gasteiger partial charge in [-0.3, -0.25) is 0 Å². The molecule has 1 heterocycles. The molecule has 0 saturated heterocycles. The van der Waals surface area contributed by atoms with Gasteiger partial charge in [-0.1, -0.05) is 0 Å². The van der Waals surface area contributed by atoms with E-state index in [1.807, 2.05) is 44.2 Å². The first-order valence-electron chi connectivity index (χ1n) is 10.1. The molecular formula is C23H29N5O. The standard InChI is InChI=1S/C23H29N5O/c1-5-28(6-2)20-12-8-19(9-13-20)26-23-24-17(4)16-22(27-23)25-18-10-14-21(15-11-18)29-7-3/h8-16H,5-7H2,1-4H3,(H2,24,25,26,27). The highest BCUT2D eigenvalue weighted by Gasteiger charge is 2.06. The zero-order valence-corrected chi connectivity index (χ0v) is 17.6. The van der Waals surface area contributed by atoms with Crippen LogP contribution in [-0.4, -0.2) is 29.7 Å². The summed E-state index contributed by atoms with van der Waals surface area (Å²) in [4.78, 5) is 11.4. The summed E-state index contributed by atoms with van der Waals surface area (Å²) < 4.78 is 5.49. The van der Waals surface area contributed by atoms with Crippen LogP contribution in [0.25, 0.3) is 0 Å². The Labute approximate surface area is 173 Å². The summed E-state index contributed by atoms with van der Waals surface area (Å²) in [5, 5.41) is 6.62. The summed E-state index contributed by atoms with van der Waals surface area (Å²) in [6, 6.07) is 18.1. The summed E-state index contributed by atoms with van der Waals surface area (Å²) in [6.07, 6.45) is 0. The van der Waals surface area contributed by atoms with E-state index in [1.165, 1.54) is 5.69 Å². The lowest BCUT2D eigenvalue weighted by molar-refractivity contribution is 0.340. The van der Waals surface area contributed by atoms with Gasteiger partial charge in [-0.05, 0) is 76.2 Å². The fourth-order valence-electron chi connectivity index (χ4n) is 3.11. The zero-order valence-electron chi connectivity index (χ0n) is 17.6. The monoisotopic (exact) mass is 391 g/mol. The molecule has 1 aromatic heterocycles. The second-order valence-corrected chi connectivity index (χ2v) is 6.64. The van der Waals surface area contributed by atoms with Crippen LogP contribution in [0.15, 0.2) is 54.6 Å². The van der Waals surface area contributed by atoms with Crippen molar-refractivity contribution >= 4 is 28.8 Å². The van der Waals surface area contributed by atoms with Gasteiger partial charge in [0.1, 0.15) is 11.6 Å². The van der Waals surface area contributed by atoms with Crippen LogP contribution in [0.5, 0.6) is 5.75 Å². The average Bonchev–Trinajstić information content (AvgIpc) is 2.71. The van der Waals surface area contributed by atoms with Gasteiger partial charge < -0.3 is 20.3 Å². The Bertz CT molecular complexity index is 906. The lowest BCUT2D eigenvalue weighted by atomic mass is 10.2. The summed E-state index contributed by atoms with van der Waals surface area (Å²) in [5.41, 5.74) is 4.00. The largest absolute Gasteiger partial charge is 0.494 e. The molecule has 29 heavy (non-hydrogen) atoms. The predicted molar refractivity (Wildman–Crippen MR) is 121 cm³/mol. The molecule has 152 valence electrons. The van der Waals surface area contributed by atoms with E-state index in [-0.39, 0.29) is 0 Å². The molecule has 0 amide bonds. The van der Waals surface area contributed by atoms with Crippen molar-refractivity contribution in [2.45, 2.75) is 27.7 Å². The zero-order chi connectivity index (χ0) is 20.6. The molecule has 0 aliphatic heterocycles. The number of hydrogen-bond donors (Lipinski definition) is 2. The molecule has 0 aliphatic carbocycles. The van der Waals surface area contributed by atoms with Gasteiger partial charge in [0, 0.05) is 41.9 Å². The third kappa shape index (κ3) is 5.60. The molecule has 3 rings (SSSR count). The van der Waals surface area contributed by atoms with Crippen molar-refractivity contribution in [3.05, 3.63) is 60.3 Å². The SMILES string of the molecule is CCOc1ccc(Nc2cc(C)nc(Nc3ccc(N(CC)CC)cc3)n2)cc1. The molecule has 2 aromatic carbocycles. The van der Waals surface area contributed by atoms with Gasteiger partial charge in [0.2, 0.25) is 5.95 Å². The van der Waals surface area contributed by atoms with Gasteiger partial charge >= 0.3 is 0 Å². The van der Waals surface area contributed by atoms with Gasteiger partial charge in [0.25, 0.3) is 0 Å². The molecule has 0 fully saturated rings. The Kier molecular flexibility index (Phi) is 6.89. The summed E-state index contributed by atoms with van der Waals surface area (Å²) in [6.45, 7) is 10.9. The third-order valence-electron chi connectivity index (χ3n) is 4.54. The highest BCUT2D eigenvalue weighted by molar-refractivity contribution is 5.62. The minimum Gasteiger partial charge on any atom is -0.494 e. The maximum atomic E-state index is 5.49. The number of anilines is 5. The molecule has 0 bridgehead atoms. The van der Waals surface area contributed by atoms with Crippen LogP contribution in [0.1, 0.15) is 26.5 Å². The maximum Gasteiger partial charge on any atom is 0.229 e. The number of benzene rings is 2. The van der Waals surface area contributed by atoms with Gasteiger partial charge in [0.05, 0.1) is 6.61 Å². The molecular weight excluding hydrogens is 362 g/mol. The number of aromatic nitrogens is 2. The Morgan fingerprint density at radius 3 is 2.07 bits per heavy atom. The van der Waals surface area contributed by atoms with Gasteiger partial charge in [-0.15, -0.1) is 0 Å². The molecule has 3 aromatic rings. The maximum absolute atomic E-state index is 5.49. The lowest BCUT2D eigenvalue weighted by Gasteiger charge is -2.21. The molecule has 0 spiro atoms. The molecule has 6 nitrogen and oxygen atoms in total. The summed E-state index contributed by atoms with van der Waals surface area (Å²) >= 11 is 0. The normalized spacial score (nSPS) is 10.5. The van der Waals surface area contributed by atoms with Crippen LogP contribution >= 0.6 is 0 Å². The summed E-state index contributed by atoms with van der Waals surface area (Å²) in [5.74, 6) is 2.16. The summed E-state index contributed by atoms with van der Waals surface area (Å²) in [7, 11) is 0. The lowest BCUT2D eigenvalue weighted by Crippen LogP contribution is -2.21. The Morgan fingerprint density at radius 1 is 0.828 bits per heavy atom. The van der Waals surface area contributed by atoms with E-state index < -0.39 is 0 Å². The van der Waals surface area contributed by atoms with Crippen LogP contribution in [-0.2, 0) is 0 Å². The molecule has 0 radical (unpaired) electrons. The first kappa shape index (κ1) is 20.5. The van der Waals surface area contributed by atoms with Crippen LogP contribution in [0.2, 0.25) is 0 Å². The van der Waals surface area contributed by atoms with Crippen molar-refractivity contribution in [1.82, 2.24) is 9.97 Å². The highest BCUT2D eigenvalue weighted by atomic mass is 16.5. The van der Waals surface area contributed by atoms with E-state index in [4.69, 9.17) is 4.74 Å². The number of aryl methyl sites for hydroxylation is 1. The van der Waals surface area contributed by atoms with E-state index in [2.05, 4.69) is 63.6 Å². The molecule has 6 heteroatoms. The van der Waals surface area contributed by atoms with E-state index in [0.717, 1.165) is 41.7 Å². The van der Waals surface area contributed by atoms with Gasteiger partial charge in [-0.25, -0.2) is 4.98 Å². The van der Waals surface area contributed by atoms with Crippen molar-refractivity contribution in [2.75, 3.05) is 35.2 Å². The van der Waals surface area contributed by atoms with Crippen molar-refractivity contribution in [2.24, 2.45) is 0 Å². The average molecular weight is 392 g/mol. The van der Waals surface area contributed by atoms with Gasteiger partial charge in [-0.2, -0.15) is 4.98 Å². The van der Waals surface area contributed by atoms with Crippen LogP contribution in [0.4, 0.5) is 28.8 Å². The van der Waals surface area contributed by atoms with E-state index >= 15 is 0 Å². The fraction of sp³-hybridized carbons (Fsp3) is 0.304. The third-order valence-corrected chi connectivity index (χ3v) is 4.54. The minimum absolute atomic E-state index is 0.564. The quantitative estimate of drug-likeness (QED) is 0.501. The first-order valence-corrected chi connectivity index (χ1v) is 10.1. The number of nitrogens with one attached hydrogen (secondary N) is 2. The van der Waals surface area contributed by atoms with E-state index in [1.54, 1.807) is 0 Å². The van der Waals surface area contributed by atoms with E-state index in [9.17, 15) is 0 Å². The number of ether oxygens (including phenoxy) is 1. The second kappa shape index (κ2) is 9.78.